The van der Waals surface area contributed by atoms with Gasteiger partial charge in [-0.2, -0.15) is 0 Å². The van der Waals surface area contributed by atoms with E-state index in [1.54, 1.807) is 35.5 Å². The molecule has 1 aliphatic heterocycles. The summed E-state index contributed by atoms with van der Waals surface area (Å²) in [6.07, 6.45) is 9.29. The summed E-state index contributed by atoms with van der Waals surface area (Å²) in [6, 6.07) is 0. The first kappa shape index (κ1) is 18.6. The molecule has 0 amide bonds. The van der Waals surface area contributed by atoms with E-state index in [4.69, 9.17) is 23.2 Å². The smallest absolute Gasteiger partial charge is 0.319 e. The number of halogens is 2. The van der Waals surface area contributed by atoms with E-state index in [-0.39, 0.29) is 0 Å². The fourth-order valence-corrected chi connectivity index (χ4v) is 5.08. The van der Waals surface area contributed by atoms with Crippen LogP contribution < -0.4 is 9.47 Å². The molecule has 0 bridgehead atoms. The molecular weight excluding hydrogens is 423 g/mol. The molecule has 10 heteroatoms. The second-order valence-corrected chi connectivity index (χ2v) is 8.33. The number of hydrogen-bond donors (Lipinski definition) is 0. The van der Waals surface area contributed by atoms with E-state index >= 15 is 0 Å². The molecule has 0 fully saturated rings. The highest BCUT2D eigenvalue weighted by molar-refractivity contribution is 8.03. The summed E-state index contributed by atoms with van der Waals surface area (Å²) in [6.45, 7) is 5.74. The summed E-state index contributed by atoms with van der Waals surface area (Å²) in [5.41, 5.74) is 0.808. The Morgan fingerprint density at radius 3 is 2.70 bits per heavy atom. The Hall–Kier alpha value is -1.74. The minimum atomic E-state index is 0.400. The van der Waals surface area contributed by atoms with Gasteiger partial charge in [-0.05, 0) is 54.3 Å². The molecule has 0 saturated heterocycles. The van der Waals surface area contributed by atoms with Gasteiger partial charge in [-0.25, -0.2) is 19.5 Å². The molecule has 0 spiro atoms. The van der Waals surface area contributed by atoms with Gasteiger partial charge >= 0.3 is 5.65 Å². The van der Waals surface area contributed by atoms with Crippen molar-refractivity contribution in [3.8, 4) is 0 Å². The van der Waals surface area contributed by atoms with Gasteiger partial charge in [0.25, 0.3) is 5.15 Å². The molecule has 0 radical (unpaired) electrons. The van der Waals surface area contributed by atoms with E-state index < -0.39 is 0 Å². The normalized spacial score (nSPS) is 15.4. The fraction of sp³-hybridized carbons (Fsp3) is 0.235. The zero-order valence-electron chi connectivity index (χ0n) is 14.6. The van der Waals surface area contributed by atoms with E-state index in [2.05, 4.69) is 55.4 Å². The molecule has 1 aliphatic rings. The third-order valence-corrected chi connectivity index (χ3v) is 6.40. The van der Waals surface area contributed by atoms with E-state index in [0.29, 0.717) is 10.3 Å². The number of allylic oxidation sites excluding steroid dienone is 2. The Morgan fingerprint density at radius 2 is 1.93 bits per heavy atom. The maximum Gasteiger partial charge on any atom is 0.362 e. The van der Waals surface area contributed by atoms with Crippen LogP contribution in [0.1, 0.15) is 18.9 Å². The standard InChI is InChI=1S/C17H15Cl2N6S2/c1-3-24-12(26-16-14(24)22-10(18)8-20-16)6-5-7-13-25(4-2)15-17(27-13)21-9-11(19)23-15/h5-9H,3-4H2,1-2H3/q+1. The highest BCUT2D eigenvalue weighted by Gasteiger charge is 2.26. The summed E-state index contributed by atoms with van der Waals surface area (Å²) in [5.74, 6) is 0.808. The van der Waals surface area contributed by atoms with Gasteiger partial charge in [0, 0.05) is 6.54 Å². The van der Waals surface area contributed by atoms with Crippen molar-refractivity contribution in [2.45, 2.75) is 25.4 Å². The van der Waals surface area contributed by atoms with E-state index in [0.717, 1.165) is 44.4 Å². The first-order valence-electron chi connectivity index (χ1n) is 8.31. The molecule has 0 N–H and O–H groups in total. The van der Waals surface area contributed by atoms with Crippen molar-refractivity contribution >= 4 is 68.7 Å². The molecule has 0 atom stereocenters. The first-order valence-corrected chi connectivity index (χ1v) is 10.7. The number of rotatable bonds is 4. The van der Waals surface area contributed by atoms with Gasteiger partial charge in [-0.15, -0.1) is 0 Å². The van der Waals surface area contributed by atoms with Crippen LogP contribution in [0.25, 0.3) is 16.6 Å². The van der Waals surface area contributed by atoms with Crippen molar-refractivity contribution in [2.75, 3.05) is 11.4 Å². The molecule has 4 heterocycles. The summed E-state index contributed by atoms with van der Waals surface area (Å²) < 4.78 is 2.10. The van der Waals surface area contributed by atoms with Crippen LogP contribution >= 0.6 is 46.3 Å². The van der Waals surface area contributed by atoms with E-state index in [1.165, 1.54) is 0 Å². The van der Waals surface area contributed by atoms with E-state index in [9.17, 15) is 0 Å². The van der Waals surface area contributed by atoms with Crippen molar-refractivity contribution in [2.24, 2.45) is 0 Å². The van der Waals surface area contributed by atoms with Gasteiger partial charge in [0.05, 0.1) is 24.0 Å². The van der Waals surface area contributed by atoms with Crippen molar-refractivity contribution in [3.63, 3.8) is 0 Å². The predicted molar refractivity (Wildman–Crippen MR) is 111 cm³/mol. The number of aromatic nitrogens is 5. The van der Waals surface area contributed by atoms with Gasteiger partial charge in [0.1, 0.15) is 10.2 Å². The second-order valence-electron chi connectivity index (χ2n) is 5.54. The van der Waals surface area contributed by atoms with Crippen molar-refractivity contribution < 1.29 is 4.57 Å². The highest BCUT2D eigenvalue weighted by Crippen LogP contribution is 2.43. The Labute approximate surface area is 174 Å². The van der Waals surface area contributed by atoms with Crippen molar-refractivity contribution in [3.05, 3.63) is 44.9 Å². The van der Waals surface area contributed by atoms with Gasteiger partial charge < -0.3 is 4.90 Å². The monoisotopic (exact) mass is 437 g/mol. The third-order valence-electron chi connectivity index (χ3n) is 3.94. The van der Waals surface area contributed by atoms with Crippen LogP contribution in [-0.2, 0) is 6.54 Å². The number of nitrogens with zero attached hydrogens (tertiary/aromatic N) is 6. The maximum absolute atomic E-state index is 6.00. The Bertz CT molecular complexity index is 1080. The average molecular weight is 438 g/mol. The number of fused-ring (bicyclic) bond motifs is 2. The molecule has 4 rings (SSSR count). The molecule has 138 valence electrons. The number of hydrogen-bond acceptors (Lipinski definition) is 7. The fourth-order valence-electron chi connectivity index (χ4n) is 2.78. The average Bonchev–Trinajstić information content (AvgIpc) is 3.18. The minimum Gasteiger partial charge on any atom is -0.319 e. The summed E-state index contributed by atoms with van der Waals surface area (Å²) >= 11 is 15.2. The van der Waals surface area contributed by atoms with Crippen LogP contribution in [0, 0.1) is 0 Å². The number of thioether (sulfide) groups is 1. The topological polar surface area (TPSA) is 58.7 Å². The van der Waals surface area contributed by atoms with Crippen molar-refractivity contribution in [1.82, 2.24) is 19.9 Å². The lowest BCUT2D eigenvalue weighted by atomic mass is 10.4. The van der Waals surface area contributed by atoms with Gasteiger partial charge in [-0.1, -0.05) is 29.0 Å². The van der Waals surface area contributed by atoms with E-state index in [1.807, 2.05) is 6.08 Å². The predicted octanol–water partition coefficient (Wildman–Crippen LogP) is 4.58. The Morgan fingerprint density at radius 1 is 1.15 bits per heavy atom. The van der Waals surface area contributed by atoms with Gasteiger partial charge in [-0.3, -0.25) is 0 Å². The lowest BCUT2D eigenvalue weighted by Crippen LogP contribution is -2.34. The molecule has 0 saturated carbocycles. The summed E-state index contributed by atoms with van der Waals surface area (Å²) in [5, 5.41) is 3.80. The molecule has 27 heavy (non-hydrogen) atoms. The van der Waals surface area contributed by atoms with Crippen LogP contribution in [0.15, 0.2) is 34.6 Å². The van der Waals surface area contributed by atoms with Crippen LogP contribution in [-0.4, -0.2) is 26.5 Å². The lowest BCUT2D eigenvalue weighted by Gasteiger charge is -2.15. The summed E-state index contributed by atoms with van der Waals surface area (Å²) in [4.78, 5) is 20.5. The SMILES string of the molecule is CCN1/C(=C/C=C/c2sc3ncc(Cl)nc3[n+]2CC)Sc2ncc(Cl)nc21. The van der Waals surface area contributed by atoms with Crippen LogP contribution in [0.3, 0.4) is 0 Å². The molecule has 3 aromatic rings. The largest absolute Gasteiger partial charge is 0.362 e. The van der Waals surface area contributed by atoms with Crippen LogP contribution in [0.2, 0.25) is 10.3 Å². The quantitative estimate of drug-likeness (QED) is 0.556. The van der Waals surface area contributed by atoms with Crippen molar-refractivity contribution in [1.29, 1.82) is 0 Å². The minimum absolute atomic E-state index is 0.400. The number of thiazole rings is 1. The second kappa shape index (κ2) is 7.71. The zero-order chi connectivity index (χ0) is 19.0. The first-order chi connectivity index (χ1) is 13.1. The Balaban J connectivity index is 1.65. The Kier molecular flexibility index (Phi) is 5.32. The number of anilines is 1. The zero-order valence-corrected chi connectivity index (χ0v) is 17.7. The number of aryl methyl sites for hydroxylation is 1. The van der Waals surface area contributed by atoms with Gasteiger partial charge in [0.2, 0.25) is 4.83 Å². The molecule has 0 aromatic carbocycles. The molecule has 0 unspecified atom stereocenters. The lowest BCUT2D eigenvalue weighted by molar-refractivity contribution is -0.667. The molecular formula is C17H15Cl2N6S2+. The molecule has 0 aliphatic carbocycles. The maximum atomic E-state index is 6.00. The molecule has 3 aromatic heterocycles. The third kappa shape index (κ3) is 3.54. The van der Waals surface area contributed by atoms with Crippen LogP contribution in [0.4, 0.5) is 5.82 Å². The highest BCUT2D eigenvalue weighted by atomic mass is 35.5. The van der Waals surface area contributed by atoms with Crippen LogP contribution in [0.5, 0.6) is 0 Å². The van der Waals surface area contributed by atoms with Gasteiger partial charge in [0.15, 0.2) is 10.8 Å². The molecule has 6 nitrogen and oxygen atoms in total. The summed E-state index contributed by atoms with van der Waals surface area (Å²) in [7, 11) is 0.